The van der Waals surface area contributed by atoms with Gasteiger partial charge in [0.25, 0.3) is 0 Å². The van der Waals surface area contributed by atoms with Gasteiger partial charge >= 0.3 is 0 Å². The maximum absolute atomic E-state index is 4.50. The molecule has 0 saturated heterocycles. The van der Waals surface area contributed by atoms with Crippen LogP contribution in [0.5, 0.6) is 0 Å². The first kappa shape index (κ1) is 15.6. The average Bonchev–Trinajstić information content (AvgIpc) is 2.23. The predicted molar refractivity (Wildman–Crippen MR) is 67.3 cm³/mol. The third-order valence-electron chi connectivity index (χ3n) is 1.87. The van der Waals surface area contributed by atoms with Gasteiger partial charge in [-0.3, -0.25) is 0 Å². The van der Waals surface area contributed by atoms with E-state index in [0.29, 0.717) is 0 Å². The lowest BCUT2D eigenvalue weighted by molar-refractivity contribution is 1.10. The van der Waals surface area contributed by atoms with Gasteiger partial charge < -0.3 is 5.73 Å². The zero-order valence-corrected chi connectivity index (χ0v) is 10.3. The Labute approximate surface area is 89.4 Å². The van der Waals surface area contributed by atoms with Crippen molar-refractivity contribution in [1.82, 2.24) is 0 Å². The van der Waals surface area contributed by atoms with Gasteiger partial charge in [0.2, 0.25) is 0 Å². The molecule has 0 bridgehead atoms. The van der Waals surface area contributed by atoms with Gasteiger partial charge in [0, 0.05) is 0 Å². The Bertz CT molecular complexity index is 197. The lowest BCUT2D eigenvalue weighted by Crippen LogP contribution is -1.84. The predicted octanol–water partition coefficient (Wildman–Crippen LogP) is 3.83. The van der Waals surface area contributed by atoms with E-state index in [0.717, 1.165) is 12.8 Å². The molecule has 0 aliphatic heterocycles. The minimum Gasteiger partial charge on any atom is -0.333 e. The third kappa shape index (κ3) is 6.67. The van der Waals surface area contributed by atoms with Crippen LogP contribution in [0.2, 0.25) is 0 Å². The lowest BCUT2D eigenvalue weighted by Gasteiger charge is -2.04. The van der Waals surface area contributed by atoms with E-state index in [1.807, 2.05) is 0 Å². The van der Waals surface area contributed by atoms with E-state index in [9.17, 15) is 0 Å². The van der Waals surface area contributed by atoms with Crippen LogP contribution >= 0.6 is 0 Å². The molecule has 82 valence electrons. The molecular weight excluding hydrogens is 170 g/mol. The zero-order chi connectivity index (χ0) is 11.4. The van der Waals surface area contributed by atoms with Crippen LogP contribution in [0.3, 0.4) is 0 Å². The largest absolute Gasteiger partial charge is 0.333 e. The summed E-state index contributed by atoms with van der Waals surface area (Å²) < 4.78 is 0. The maximum Gasteiger partial charge on any atom is -0.0195 e. The Hall–Kier alpha value is -0.820. The van der Waals surface area contributed by atoms with Crippen molar-refractivity contribution < 1.29 is 0 Å². The molecule has 0 heterocycles. The molecule has 0 spiro atoms. The van der Waals surface area contributed by atoms with E-state index in [1.54, 1.807) is 0 Å². The molecule has 0 aliphatic carbocycles. The van der Waals surface area contributed by atoms with Crippen LogP contribution < -0.4 is 5.73 Å². The monoisotopic (exact) mass is 195 g/mol. The molecule has 0 aromatic heterocycles. The standard InChI is InChI=1S/C12H20.CH5N/c1-5-9-12(10-6-2)11(7-3)8-4;1-2/h5,7,9-10H,6,8H2,1-4H3;2H2,1H3/b9-5-,11-7+,12-10+;. The van der Waals surface area contributed by atoms with Crippen LogP contribution in [0.1, 0.15) is 40.5 Å². The number of nitrogens with two attached hydrogens (primary N) is 1. The minimum atomic E-state index is 1.11. The molecule has 2 N–H and O–H groups in total. The van der Waals surface area contributed by atoms with Crippen LogP contribution in [0.15, 0.2) is 35.5 Å². The second-order valence-electron chi connectivity index (χ2n) is 2.74. The quantitative estimate of drug-likeness (QED) is 0.678. The summed E-state index contributed by atoms with van der Waals surface area (Å²) in [6.07, 6.45) is 11.0. The van der Waals surface area contributed by atoms with E-state index in [2.05, 4.69) is 57.7 Å². The topological polar surface area (TPSA) is 26.0 Å². The molecule has 0 atom stereocenters. The Balaban J connectivity index is 0. The lowest BCUT2D eigenvalue weighted by atomic mass is 10.0. The van der Waals surface area contributed by atoms with Crippen LogP contribution in [0, 0.1) is 0 Å². The highest BCUT2D eigenvalue weighted by molar-refractivity contribution is 5.38. The summed E-state index contributed by atoms with van der Waals surface area (Å²) in [6, 6.07) is 0. The van der Waals surface area contributed by atoms with Gasteiger partial charge in [0.15, 0.2) is 0 Å². The SMILES string of the molecule is CN.C\C=C/C(=C\CC)C(=C/C)/CC. The van der Waals surface area contributed by atoms with Gasteiger partial charge in [-0.05, 0) is 44.9 Å². The first-order valence-electron chi connectivity index (χ1n) is 5.36. The molecular formula is C13H25N. The van der Waals surface area contributed by atoms with Crippen LogP contribution in [0.25, 0.3) is 0 Å². The van der Waals surface area contributed by atoms with Gasteiger partial charge in [0.05, 0.1) is 0 Å². The van der Waals surface area contributed by atoms with E-state index in [1.165, 1.54) is 18.2 Å². The van der Waals surface area contributed by atoms with Crippen LogP contribution in [-0.2, 0) is 0 Å². The van der Waals surface area contributed by atoms with Crippen molar-refractivity contribution in [2.24, 2.45) is 5.73 Å². The molecule has 0 aromatic rings. The fraction of sp³-hybridized carbons (Fsp3) is 0.538. The molecule has 0 radical (unpaired) electrons. The Morgan fingerprint density at radius 2 is 1.71 bits per heavy atom. The van der Waals surface area contributed by atoms with Gasteiger partial charge in [-0.1, -0.05) is 38.2 Å². The van der Waals surface area contributed by atoms with E-state index < -0.39 is 0 Å². The highest BCUT2D eigenvalue weighted by Gasteiger charge is 1.95. The second kappa shape index (κ2) is 12.2. The van der Waals surface area contributed by atoms with Crippen molar-refractivity contribution in [3.63, 3.8) is 0 Å². The molecule has 0 aromatic carbocycles. The smallest absolute Gasteiger partial charge is 0.0195 e. The Morgan fingerprint density at radius 3 is 2.00 bits per heavy atom. The number of hydrogen-bond acceptors (Lipinski definition) is 1. The summed E-state index contributed by atoms with van der Waals surface area (Å²) in [5, 5.41) is 0. The van der Waals surface area contributed by atoms with Crippen LogP contribution in [-0.4, -0.2) is 7.05 Å². The second-order valence-corrected chi connectivity index (χ2v) is 2.74. The molecule has 0 saturated carbocycles. The van der Waals surface area contributed by atoms with Crippen molar-refractivity contribution in [1.29, 1.82) is 0 Å². The summed E-state index contributed by atoms with van der Waals surface area (Å²) in [5.41, 5.74) is 7.32. The molecule has 0 unspecified atom stereocenters. The summed E-state index contributed by atoms with van der Waals surface area (Å²) in [4.78, 5) is 0. The number of rotatable bonds is 4. The Kier molecular flexibility index (Phi) is 13.6. The van der Waals surface area contributed by atoms with Crippen molar-refractivity contribution in [2.75, 3.05) is 7.05 Å². The highest BCUT2D eigenvalue weighted by atomic mass is 14.4. The van der Waals surface area contributed by atoms with E-state index >= 15 is 0 Å². The van der Waals surface area contributed by atoms with Crippen molar-refractivity contribution in [3.8, 4) is 0 Å². The van der Waals surface area contributed by atoms with Crippen molar-refractivity contribution >= 4 is 0 Å². The molecule has 14 heavy (non-hydrogen) atoms. The third-order valence-corrected chi connectivity index (χ3v) is 1.87. The fourth-order valence-corrected chi connectivity index (χ4v) is 1.28. The van der Waals surface area contributed by atoms with Gasteiger partial charge in [-0.15, -0.1) is 0 Å². The number of hydrogen-bond donors (Lipinski definition) is 1. The van der Waals surface area contributed by atoms with Crippen molar-refractivity contribution in [3.05, 3.63) is 35.5 Å². The van der Waals surface area contributed by atoms with E-state index in [-0.39, 0.29) is 0 Å². The fourth-order valence-electron chi connectivity index (χ4n) is 1.28. The zero-order valence-electron chi connectivity index (χ0n) is 10.3. The average molecular weight is 195 g/mol. The summed E-state index contributed by atoms with van der Waals surface area (Å²) in [5.74, 6) is 0. The number of allylic oxidation sites excluding steroid dienone is 6. The molecule has 0 amide bonds. The summed E-state index contributed by atoms with van der Waals surface area (Å²) in [7, 11) is 1.50. The van der Waals surface area contributed by atoms with Gasteiger partial charge in [0.1, 0.15) is 0 Å². The first-order chi connectivity index (χ1) is 6.79. The maximum atomic E-state index is 4.50. The first-order valence-corrected chi connectivity index (χ1v) is 5.36. The Morgan fingerprint density at radius 1 is 1.14 bits per heavy atom. The summed E-state index contributed by atoms with van der Waals surface area (Å²) in [6.45, 7) is 8.53. The normalized spacial score (nSPS) is 12.7. The molecule has 0 rings (SSSR count). The van der Waals surface area contributed by atoms with Crippen LogP contribution in [0.4, 0.5) is 0 Å². The van der Waals surface area contributed by atoms with E-state index in [4.69, 9.17) is 0 Å². The molecule has 0 fully saturated rings. The molecule has 1 heteroatoms. The minimum absolute atomic E-state index is 1.11. The molecule has 1 nitrogen and oxygen atoms in total. The molecule has 0 aliphatic rings. The summed E-state index contributed by atoms with van der Waals surface area (Å²) >= 11 is 0. The van der Waals surface area contributed by atoms with Gasteiger partial charge in [-0.25, -0.2) is 0 Å². The van der Waals surface area contributed by atoms with Gasteiger partial charge in [-0.2, -0.15) is 0 Å². The van der Waals surface area contributed by atoms with Crippen molar-refractivity contribution in [2.45, 2.75) is 40.5 Å². The highest BCUT2D eigenvalue weighted by Crippen LogP contribution is 2.15.